The standard InChI is InChI=1S/C8H7NO7S/c10-8(11)5-16-17(14,15)7-3-1-6(2-4-7)9(12)13/h1-4H,5H2,(H,10,11). The van der Waals surface area contributed by atoms with Gasteiger partial charge < -0.3 is 5.11 Å². The van der Waals surface area contributed by atoms with Crippen LogP contribution in [0.1, 0.15) is 0 Å². The molecule has 0 amide bonds. The number of non-ortho nitro benzene ring substituents is 1. The zero-order chi connectivity index (χ0) is 13.1. The van der Waals surface area contributed by atoms with Gasteiger partial charge in [-0.2, -0.15) is 8.42 Å². The number of benzene rings is 1. The molecular weight excluding hydrogens is 254 g/mol. The zero-order valence-corrected chi connectivity index (χ0v) is 9.09. The zero-order valence-electron chi connectivity index (χ0n) is 8.27. The summed E-state index contributed by atoms with van der Waals surface area (Å²) in [6.07, 6.45) is 0. The SMILES string of the molecule is O=C(O)COS(=O)(=O)c1ccc([N+](=O)[O-])cc1. The quantitative estimate of drug-likeness (QED) is 0.461. The maximum atomic E-state index is 11.4. The van der Waals surface area contributed by atoms with E-state index in [1.807, 2.05) is 0 Å². The summed E-state index contributed by atoms with van der Waals surface area (Å²) in [5.74, 6) is -1.43. The summed E-state index contributed by atoms with van der Waals surface area (Å²) >= 11 is 0. The molecule has 0 aliphatic heterocycles. The molecule has 1 aromatic rings. The van der Waals surface area contributed by atoms with E-state index in [0.717, 1.165) is 24.3 Å². The third-order valence-corrected chi connectivity index (χ3v) is 2.95. The summed E-state index contributed by atoms with van der Waals surface area (Å²) < 4.78 is 26.9. The number of aliphatic carboxylic acids is 1. The van der Waals surface area contributed by atoms with E-state index in [0.29, 0.717) is 0 Å². The predicted octanol–water partition coefficient (Wildman–Crippen LogP) is 0.385. The van der Waals surface area contributed by atoms with Gasteiger partial charge in [0, 0.05) is 12.1 Å². The minimum atomic E-state index is -4.20. The van der Waals surface area contributed by atoms with Crippen molar-refractivity contribution in [3.8, 4) is 0 Å². The van der Waals surface area contributed by atoms with Gasteiger partial charge in [0.1, 0.15) is 0 Å². The molecule has 0 saturated heterocycles. The highest BCUT2D eigenvalue weighted by molar-refractivity contribution is 7.86. The van der Waals surface area contributed by atoms with E-state index in [1.165, 1.54) is 0 Å². The number of nitro groups is 1. The molecular formula is C8H7NO7S. The van der Waals surface area contributed by atoms with Crippen LogP contribution in [0.2, 0.25) is 0 Å². The lowest BCUT2D eigenvalue weighted by Gasteiger charge is -2.02. The summed E-state index contributed by atoms with van der Waals surface area (Å²) in [7, 11) is -4.20. The van der Waals surface area contributed by atoms with E-state index in [9.17, 15) is 23.3 Å². The summed E-state index contributed by atoms with van der Waals surface area (Å²) in [5.41, 5.74) is -0.276. The Morgan fingerprint density at radius 1 is 1.35 bits per heavy atom. The average Bonchev–Trinajstić information content (AvgIpc) is 2.27. The highest BCUT2D eigenvalue weighted by atomic mass is 32.2. The van der Waals surface area contributed by atoms with Crippen LogP contribution in [0.15, 0.2) is 29.2 Å². The second-order valence-corrected chi connectivity index (χ2v) is 4.48. The molecule has 1 N–H and O–H groups in total. The molecule has 0 heterocycles. The van der Waals surface area contributed by atoms with Gasteiger partial charge in [-0.05, 0) is 12.1 Å². The number of carboxylic acids is 1. The van der Waals surface area contributed by atoms with Gasteiger partial charge in [-0.1, -0.05) is 0 Å². The molecule has 17 heavy (non-hydrogen) atoms. The van der Waals surface area contributed by atoms with Crippen molar-refractivity contribution in [1.29, 1.82) is 0 Å². The fourth-order valence-electron chi connectivity index (χ4n) is 0.931. The van der Waals surface area contributed by atoms with Gasteiger partial charge in [0.05, 0.1) is 9.82 Å². The third kappa shape index (κ3) is 3.50. The van der Waals surface area contributed by atoms with Crippen LogP contribution in [-0.2, 0) is 19.1 Å². The Morgan fingerprint density at radius 3 is 2.29 bits per heavy atom. The van der Waals surface area contributed by atoms with Crippen molar-refractivity contribution in [2.24, 2.45) is 0 Å². The molecule has 0 aliphatic carbocycles. The summed E-state index contributed by atoms with van der Waals surface area (Å²) in [4.78, 5) is 19.4. The van der Waals surface area contributed by atoms with Crippen LogP contribution >= 0.6 is 0 Å². The fourth-order valence-corrected chi connectivity index (χ4v) is 1.79. The molecule has 0 spiro atoms. The molecule has 0 bridgehead atoms. The summed E-state index contributed by atoms with van der Waals surface area (Å²) in [6.45, 7) is -1.00. The highest BCUT2D eigenvalue weighted by Crippen LogP contribution is 2.17. The Kier molecular flexibility index (Phi) is 3.76. The van der Waals surface area contributed by atoms with Crippen molar-refractivity contribution in [3.63, 3.8) is 0 Å². The number of nitro benzene ring substituents is 1. The van der Waals surface area contributed by atoms with Gasteiger partial charge in [0.25, 0.3) is 15.8 Å². The largest absolute Gasteiger partial charge is 0.479 e. The van der Waals surface area contributed by atoms with Gasteiger partial charge >= 0.3 is 5.97 Å². The number of rotatable bonds is 5. The van der Waals surface area contributed by atoms with Crippen molar-refractivity contribution >= 4 is 21.8 Å². The van der Waals surface area contributed by atoms with Crippen LogP contribution in [0.3, 0.4) is 0 Å². The fraction of sp³-hybridized carbons (Fsp3) is 0.125. The summed E-state index contributed by atoms with van der Waals surface area (Å²) in [6, 6.07) is 3.90. The molecule has 0 fully saturated rings. The van der Waals surface area contributed by atoms with E-state index < -0.39 is 27.6 Å². The molecule has 92 valence electrons. The molecule has 0 radical (unpaired) electrons. The van der Waals surface area contributed by atoms with E-state index in [4.69, 9.17) is 5.11 Å². The molecule has 8 nitrogen and oxygen atoms in total. The number of hydrogen-bond donors (Lipinski definition) is 1. The lowest BCUT2D eigenvalue weighted by atomic mass is 10.3. The van der Waals surface area contributed by atoms with Crippen LogP contribution in [0, 0.1) is 10.1 Å². The molecule has 1 aromatic carbocycles. The minimum Gasteiger partial charge on any atom is -0.479 e. The first-order chi connectivity index (χ1) is 7.83. The van der Waals surface area contributed by atoms with E-state index in [1.54, 1.807) is 0 Å². The normalized spacial score (nSPS) is 11.1. The molecule has 0 aliphatic rings. The lowest BCUT2D eigenvalue weighted by Crippen LogP contribution is -2.13. The second-order valence-electron chi connectivity index (χ2n) is 2.86. The van der Waals surface area contributed by atoms with Gasteiger partial charge in [-0.3, -0.25) is 14.3 Å². The van der Waals surface area contributed by atoms with E-state index in [-0.39, 0.29) is 10.6 Å². The van der Waals surface area contributed by atoms with Gasteiger partial charge in [0.2, 0.25) is 0 Å². The predicted molar refractivity (Wildman–Crippen MR) is 53.9 cm³/mol. The molecule has 0 unspecified atom stereocenters. The van der Waals surface area contributed by atoms with Crippen LogP contribution in [-0.4, -0.2) is 31.0 Å². The number of nitrogens with zero attached hydrogens (tertiary/aromatic N) is 1. The second kappa shape index (κ2) is 4.89. The lowest BCUT2D eigenvalue weighted by molar-refractivity contribution is -0.384. The molecule has 0 aromatic heterocycles. The van der Waals surface area contributed by atoms with Crippen LogP contribution in [0.25, 0.3) is 0 Å². The Morgan fingerprint density at radius 2 is 1.88 bits per heavy atom. The first-order valence-electron chi connectivity index (χ1n) is 4.18. The third-order valence-electron chi connectivity index (χ3n) is 1.67. The van der Waals surface area contributed by atoms with Crippen molar-refractivity contribution in [2.45, 2.75) is 4.90 Å². The Balaban J connectivity index is 2.92. The smallest absolute Gasteiger partial charge is 0.331 e. The maximum Gasteiger partial charge on any atom is 0.331 e. The topological polar surface area (TPSA) is 124 Å². The van der Waals surface area contributed by atoms with Crippen LogP contribution < -0.4 is 0 Å². The van der Waals surface area contributed by atoms with Crippen molar-refractivity contribution in [3.05, 3.63) is 34.4 Å². The monoisotopic (exact) mass is 261 g/mol. The first kappa shape index (κ1) is 13.1. The first-order valence-corrected chi connectivity index (χ1v) is 5.59. The maximum absolute atomic E-state index is 11.4. The van der Waals surface area contributed by atoms with Crippen molar-refractivity contribution < 1.29 is 27.4 Å². The Hall–Kier alpha value is -2.00. The number of hydrogen-bond acceptors (Lipinski definition) is 6. The van der Waals surface area contributed by atoms with E-state index in [2.05, 4.69) is 4.18 Å². The van der Waals surface area contributed by atoms with E-state index >= 15 is 0 Å². The van der Waals surface area contributed by atoms with Crippen molar-refractivity contribution in [1.82, 2.24) is 0 Å². The van der Waals surface area contributed by atoms with Gasteiger partial charge in [-0.25, -0.2) is 4.79 Å². The van der Waals surface area contributed by atoms with Crippen LogP contribution in [0.5, 0.6) is 0 Å². The molecule has 1 rings (SSSR count). The number of carbonyl (C=O) groups is 1. The van der Waals surface area contributed by atoms with Gasteiger partial charge in [-0.15, -0.1) is 0 Å². The molecule has 9 heteroatoms. The molecule has 0 saturated carbocycles. The molecule has 0 atom stereocenters. The Bertz CT molecular complexity index is 533. The van der Waals surface area contributed by atoms with Crippen molar-refractivity contribution in [2.75, 3.05) is 6.61 Å². The highest BCUT2D eigenvalue weighted by Gasteiger charge is 2.18. The Labute approximate surface area is 95.7 Å². The van der Waals surface area contributed by atoms with Crippen LogP contribution in [0.4, 0.5) is 5.69 Å². The van der Waals surface area contributed by atoms with Gasteiger partial charge in [0.15, 0.2) is 6.61 Å². The average molecular weight is 261 g/mol. The summed E-state index contributed by atoms with van der Waals surface area (Å²) in [5, 5.41) is 18.6. The number of carboxylic acid groups (broad SMARTS) is 1. The minimum absolute atomic E-state index is 0.276.